The molecule has 0 spiro atoms. The number of aromatic nitrogens is 2. The molecule has 1 saturated heterocycles. The Hall–Kier alpha value is -3.48. The number of halogens is 2. The fourth-order valence-corrected chi connectivity index (χ4v) is 6.37. The van der Waals surface area contributed by atoms with E-state index in [-0.39, 0.29) is 10.9 Å². The van der Waals surface area contributed by atoms with Gasteiger partial charge in [-0.25, -0.2) is 19.7 Å². The molecule has 0 unspecified atom stereocenters. The first-order valence-electron chi connectivity index (χ1n) is 12.5. The predicted octanol–water partition coefficient (Wildman–Crippen LogP) is 5.69. The van der Waals surface area contributed by atoms with Crippen LogP contribution < -0.4 is 20.3 Å². The Balaban J connectivity index is 1.26. The molecule has 1 fully saturated rings. The van der Waals surface area contributed by atoms with E-state index in [1.165, 1.54) is 41.3 Å². The standard InChI is InChI=1S/C27H25Cl2N7O3S/c1-34-7-9-35(10-8-34)13-15-3-5-16(6-4-15)32-25(37)23-22-21-24(30-14-31-26(21)40-23)36(27(38)33-22)19-12-20(39-2)18(29)11-17(19)28/h3-6,11-12,14H,7-10,13H2,1-2H3,(H,32,37)(H,33,38). The molecule has 206 valence electrons. The third-order valence-corrected chi connectivity index (χ3v) is 8.69. The number of nitrogens with zero attached hydrogens (tertiary/aromatic N) is 5. The molecule has 6 rings (SSSR count). The molecule has 10 nitrogen and oxygen atoms in total. The number of nitrogens with one attached hydrogen (secondary N) is 2. The van der Waals surface area contributed by atoms with Crippen LogP contribution in [0.5, 0.6) is 5.75 Å². The smallest absolute Gasteiger partial charge is 0.332 e. The number of benzene rings is 2. The molecule has 3 amide bonds. The predicted molar refractivity (Wildman–Crippen MR) is 159 cm³/mol. The van der Waals surface area contributed by atoms with Crippen molar-refractivity contribution < 1.29 is 14.3 Å². The number of ether oxygens (including phenoxy) is 1. The average molecular weight is 599 g/mol. The summed E-state index contributed by atoms with van der Waals surface area (Å²) >= 11 is 13.8. The van der Waals surface area contributed by atoms with Crippen molar-refractivity contribution in [3.05, 3.63) is 63.2 Å². The van der Waals surface area contributed by atoms with Crippen LogP contribution in [0.4, 0.5) is 27.7 Å². The van der Waals surface area contributed by atoms with Gasteiger partial charge in [-0.05, 0) is 30.8 Å². The minimum Gasteiger partial charge on any atom is -0.495 e. The summed E-state index contributed by atoms with van der Waals surface area (Å²) in [4.78, 5) is 42.4. The van der Waals surface area contributed by atoms with E-state index in [0.717, 1.165) is 32.7 Å². The quantitative estimate of drug-likeness (QED) is 0.294. The van der Waals surface area contributed by atoms with Gasteiger partial charge < -0.3 is 20.3 Å². The number of amides is 3. The van der Waals surface area contributed by atoms with E-state index in [1.54, 1.807) is 6.07 Å². The van der Waals surface area contributed by atoms with E-state index in [1.807, 2.05) is 24.3 Å². The molecule has 2 aliphatic rings. The topological polar surface area (TPSA) is 103 Å². The summed E-state index contributed by atoms with van der Waals surface area (Å²) in [5, 5.41) is 6.88. The molecule has 0 atom stereocenters. The number of carbonyl (C=O) groups is 2. The van der Waals surface area contributed by atoms with Crippen LogP contribution in [0.2, 0.25) is 10.0 Å². The molecule has 4 aromatic rings. The normalized spacial score (nSPS) is 15.8. The highest BCUT2D eigenvalue weighted by atomic mass is 35.5. The number of piperazine rings is 1. The summed E-state index contributed by atoms with van der Waals surface area (Å²) in [6.07, 6.45) is 1.35. The maximum absolute atomic E-state index is 13.4. The van der Waals surface area contributed by atoms with E-state index in [0.29, 0.717) is 48.7 Å². The van der Waals surface area contributed by atoms with Gasteiger partial charge in [-0.15, -0.1) is 11.3 Å². The highest BCUT2D eigenvalue weighted by Crippen LogP contribution is 2.47. The number of hydrogen-bond acceptors (Lipinski definition) is 8. The van der Waals surface area contributed by atoms with Crippen molar-refractivity contribution in [1.82, 2.24) is 19.8 Å². The fraction of sp³-hybridized carbons (Fsp3) is 0.259. The van der Waals surface area contributed by atoms with Crippen molar-refractivity contribution in [2.24, 2.45) is 0 Å². The van der Waals surface area contributed by atoms with Gasteiger partial charge >= 0.3 is 6.03 Å². The summed E-state index contributed by atoms with van der Waals surface area (Å²) < 4.78 is 5.31. The zero-order valence-corrected chi connectivity index (χ0v) is 24.0. The van der Waals surface area contributed by atoms with E-state index in [2.05, 4.69) is 37.4 Å². The van der Waals surface area contributed by atoms with Crippen LogP contribution in [0.3, 0.4) is 0 Å². The number of anilines is 4. The van der Waals surface area contributed by atoms with Gasteiger partial charge in [0.1, 0.15) is 21.8 Å². The SMILES string of the molecule is COc1cc(N2C(=O)Nc3c(C(=O)Nc4ccc(CN5CCN(C)CC5)cc4)sc4ncnc2c34)c(Cl)cc1Cl. The molecule has 2 aromatic carbocycles. The number of urea groups is 1. The number of likely N-dealkylation sites (N-methyl/N-ethyl adjacent to an activating group) is 1. The number of methoxy groups -OCH3 is 1. The molecule has 2 aromatic heterocycles. The van der Waals surface area contributed by atoms with Gasteiger partial charge in [-0.1, -0.05) is 35.3 Å². The lowest BCUT2D eigenvalue weighted by Gasteiger charge is -2.32. The van der Waals surface area contributed by atoms with E-state index >= 15 is 0 Å². The summed E-state index contributed by atoms with van der Waals surface area (Å²) in [6.45, 7) is 5.07. The van der Waals surface area contributed by atoms with Crippen LogP contribution >= 0.6 is 34.5 Å². The van der Waals surface area contributed by atoms with Crippen LogP contribution in [-0.2, 0) is 6.54 Å². The van der Waals surface area contributed by atoms with E-state index in [4.69, 9.17) is 27.9 Å². The number of hydrogen-bond donors (Lipinski definition) is 2. The van der Waals surface area contributed by atoms with Gasteiger partial charge in [0.05, 0.1) is 33.9 Å². The van der Waals surface area contributed by atoms with Crippen LogP contribution in [-0.4, -0.2) is 72.0 Å². The molecule has 0 bridgehead atoms. The van der Waals surface area contributed by atoms with Crippen molar-refractivity contribution in [2.45, 2.75) is 6.54 Å². The Morgan fingerprint density at radius 3 is 2.58 bits per heavy atom. The van der Waals surface area contributed by atoms with Crippen LogP contribution in [0, 0.1) is 0 Å². The number of thiophene rings is 1. The average Bonchev–Trinajstić information content (AvgIpc) is 3.31. The van der Waals surface area contributed by atoms with Gasteiger partial charge in [-0.2, -0.15) is 0 Å². The van der Waals surface area contributed by atoms with Crippen LogP contribution in [0.15, 0.2) is 42.7 Å². The Kier molecular flexibility index (Phi) is 7.24. The Morgan fingerprint density at radius 1 is 1.10 bits per heavy atom. The van der Waals surface area contributed by atoms with Crippen LogP contribution in [0.25, 0.3) is 10.2 Å². The number of carbonyl (C=O) groups excluding carboxylic acids is 2. The molecular weight excluding hydrogens is 573 g/mol. The van der Waals surface area contributed by atoms with Gasteiger partial charge in [-0.3, -0.25) is 9.69 Å². The molecule has 2 aliphatic heterocycles. The van der Waals surface area contributed by atoms with Gasteiger partial charge in [0.15, 0.2) is 5.82 Å². The van der Waals surface area contributed by atoms with Crippen molar-refractivity contribution >= 4 is 79.6 Å². The third-order valence-electron chi connectivity index (χ3n) is 7.00. The molecule has 13 heteroatoms. The number of rotatable bonds is 6. The highest BCUT2D eigenvalue weighted by molar-refractivity contribution is 7.21. The molecule has 2 N–H and O–H groups in total. The second kappa shape index (κ2) is 10.8. The minimum absolute atomic E-state index is 0.237. The first kappa shape index (κ1) is 26.7. The molecular formula is C27H25Cl2N7O3S. The summed E-state index contributed by atoms with van der Waals surface area (Å²) in [5.41, 5.74) is 2.54. The maximum atomic E-state index is 13.4. The molecule has 0 aliphatic carbocycles. The molecule has 4 heterocycles. The Labute approximate surface area is 244 Å². The zero-order valence-electron chi connectivity index (χ0n) is 21.7. The zero-order chi connectivity index (χ0) is 28.0. The first-order valence-corrected chi connectivity index (χ1v) is 14.1. The van der Waals surface area contributed by atoms with Crippen molar-refractivity contribution in [3.8, 4) is 5.75 Å². The maximum Gasteiger partial charge on any atom is 0.332 e. The Morgan fingerprint density at radius 2 is 1.85 bits per heavy atom. The van der Waals surface area contributed by atoms with Crippen molar-refractivity contribution in [1.29, 1.82) is 0 Å². The van der Waals surface area contributed by atoms with Gasteiger partial charge in [0.2, 0.25) is 0 Å². The van der Waals surface area contributed by atoms with E-state index in [9.17, 15) is 9.59 Å². The van der Waals surface area contributed by atoms with Gasteiger partial charge in [0.25, 0.3) is 5.91 Å². The highest BCUT2D eigenvalue weighted by Gasteiger charge is 2.35. The lowest BCUT2D eigenvalue weighted by atomic mass is 10.1. The molecule has 40 heavy (non-hydrogen) atoms. The Bertz CT molecular complexity index is 1620. The third kappa shape index (κ3) is 4.95. The lowest BCUT2D eigenvalue weighted by Crippen LogP contribution is -2.43. The summed E-state index contributed by atoms with van der Waals surface area (Å²) in [5.74, 6) is 0.305. The largest absolute Gasteiger partial charge is 0.495 e. The lowest BCUT2D eigenvalue weighted by molar-refractivity contribution is 0.103. The second-order valence-electron chi connectivity index (χ2n) is 9.62. The molecule has 0 radical (unpaired) electrons. The second-order valence-corrected chi connectivity index (χ2v) is 11.4. The van der Waals surface area contributed by atoms with Crippen LogP contribution in [0.1, 0.15) is 15.2 Å². The fourth-order valence-electron chi connectivity index (χ4n) is 4.84. The van der Waals surface area contributed by atoms with Crippen molar-refractivity contribution in [2.75, 3.05) is 55.9 Å². The minimum atomic E-state index is -0.528. The summed E-state index contributed by atoms with van der Waals surface area (Å²) in [6, 6.07) is 10.4. The van der Waals surface area contributed by atoms with Crippen molar-refractivity contribution in [3.63, 3.8) is 0 Å². The molecule has 0 saturated carbocycles. The first-order chi connectivity index (χ1) is 19.3. The van der Waals surface area contributed by atoms with E-state index < -0.39 is 6.03 Å². The monoisotopic (exact) mass is 597 g/mol. The summed E-state index contributed by atoms with van der Waals surface area (Å²) in [7, 11) is 3.61. The van der Waals surface area contributed by atoms with Gasteiger partial charge in [0, 0.05) is 44.5 Å².